The van der Waals surface area contributed by atoms with Crippen LogP contribution in [0, 0.1) is 6.92 Å². The van der Waals surface area contributed by atoms with Gasteiger partial charge in [-0.25, -0.2) is 0 Å². The van der Waals surface area contributed by atoms with Crippen molar-refractivity contribution in [3.05, 3.63) is 69.1 Å². The number of nitrogens with zero attached hydrogens (tertiary/aromatic N) is 1. The highest BCUT2D eigenvalue weighted by atomic mass is 16.2. The molecule has 0 saturated heterocycles. The molecule has 1 heterocycles. The van der Waals surface area contributed by atoms with Crippen LogP contribution in [0.25, 0.3) is 0 Å². The van der Waals surface area contributed by atoms with E-state index < -0.39 is 0 Å². The summed E-state index contributed by atoms with van der Waals surface area (Å²) >= 11 is 0. The highest BCUT2D eigenvalue weighted by Crippen LogP contribution is 2.36. The van der Waals surface area contributed by atoms with Crippen molar-refractivity contribution in [2.75, 3.05) is 6.54 Å². The monoisotopic (exact) mass is 310 g/mol. The summed E-state index contributed by atoms with van der Waals surface area (Å²) in [4.78, 5) is 29.7. The summed E-state index contributed by atoms with van der Waals surface area (Å²) in [6.45, 7) is 4.53. The number of aromatic amines is 1. The highest BCUT2D eigenvalue weighted by molar-refractivity contribution is 5.94. The Balaban J connectivity index is 1.96. The van der Waals surface area contributed by atoms with Gasteiger partial charge in [0.1, 0.15) is 5.56 Å². The molecular weight excluding hydrogens is 288 g/mol. The molecule has 1 N–H and O–H groups in total. The minimum absolute atomic E-state index is 0.0688. The topological polar surface area (TPSA) is 53.2 Å². The largest absolute Gasteiger partial charge is 0.331 e. The van der Waals surface area contributed by atoms with Crippen LogP contribution in [0.3, 0.4) is 0 Å². The Labute approximate surface area is 136 Å². The molecule has 0 saturated carbocycles. The first kappa shape index (κ1) is 15.5. The Bertz CT molecular complexity index is 779. The number of aromatic nitrogens is 1. The Morgan fingerprint density at radius 3 is 2.78 bits per heavy atom. The van der Waals surface area contributed by atoms with Crippen molar-refractivity contribution in [2.45, 2.75) is 39.2 Å². The molecule has 1 amide bonds. The standard InChI is InChI=1S/C19H22N2O2/c1-3-12-21(17-11-9-14-6-4-5-7-15(14)17)19(23)16-10-8-13(2)20-18(16)22/h4-8,10,17H,3,9,11-12H2,1-2H3,(H,20,22)/t17-/m0/s1. The summed E-state index contributed by atoms with van der Waals surface area (Å²) in [5.41, 5.74) is 3.22. The van der Waals surface area contributed by atoms with Crippen molar-refractivity contribution in [1.29, 1.82) is 0 Å². The van der Waals surface area contributed by atoms with Crippen LogP contribution >= 0.6 is 0 Å². The normalized spacial score (nSPS) is 16.2. The van der Waals surface area contributed by atoms with Gasteiger partial charge in [0.25, 0.3) is 11.5 Å². The fourth-order valence-electron chi connectivity index (χ4n) is 3.39. The van der Waals surface area contributed by atoms with Crippen molar-refractivity contribution in [1.82, 2.24) is 9.88 Å². The van der Waals surface area contributed by atoms with E-state index in [0.29, 0.717) is 6.54 Å². The lowest BCUT2D eigenvalue weighted by Gasteiger charge is -2.29. The zero-order chi connectivity index (χ0) is 16.4. The fourth-order valence-corrected chi connectivity index (χ4v) is 3.39. The van der Waals surface area contributed by atoms with Gasteiger partial charge in [0, 0.05) is 12.2 Å². The van der Waals surface area contributed by atoms with Crippen molar-refractivity contribution in [3.63, 3.8) is 0 Å². The third-order valence-electron chi connectivity index (χ3n) is 4.49. The van der Waals surface area contributed by atoms with Gasteiger partial charge in [-0.05, 0) is 49.4 Å². The number of benzene rings is 1. The molecule has 2 aromatic rings. The molecule has 4 heteroatoms. The van der Waals surface area contributed by atoms with Gasteiger partial charge in [-0.2, -0.15) is 0 Å². The van der Waals surface area contributed by atoms with Crippen LogP contribution < -0.4 is 5.56 Å². The lowest BCUT2D eigenvalue weighted by atomic mass is 10.1. The van der Waals surface area contributed by atoms with Gasteiger partial charge >= 0.3 is 0 Å². The number of rotatable bonds is 4. The first-order valence-electron chi connectivity index (χ1n) is 8.20. The number of nitrogens with one attached hydrogen (secondary N) is 1. The van der Waals surface area contributed by atoms with Crippen LogP contribution in [0.5, 0.6) is 0 Å². The van der Waals surface area contributed by atoms with Crippen molar-refractivity contribution >= 4 is 5.91 Å². The maximum absolute atomic E-state index is 13.0. The number of carbonyl (C=O) groups is 1. The van der Waals surface area contributed by atoms with E-state index >= 15 is 0 Å². The predicted octanol–water partition coefficient (Wildman–Crippen LogP) is 3.22. The number of hydrogen-bond acceptors (Lipinski definition) is 2. The van der Waals surface area contributed by atoms with E-state index in [0.717, 1.165) is 25.0 Å². The molecule has 1 aliphatic carbocycles. The van der Waals surface area contributed by atoms with E-state index in [-0.39, 0.29) is 23.1 Å². The molecule has 0 spiro atoms. The molecule has 0 bridgehead atoms. The summed E-state index contributed by atoms with van der Waals surface area (Å²) in [6, 6.07) is 11.8. The first-order valence-corrected chi connectivity index (χ1v) is 8.20. The minimum atomic E-state index is -0.303. The highest BCUT2D eigenvalue weighted by Gasteiger charge is 2.31. The van der Waals surface area contributed by atoms with Crippen LogP contribution in [-0.4, -0.2) is 22.3 Å². The maximum Gasteiger partial charge on any atom is 0.260 e. The summed E-state index contributed by atoms with van der Waals surface area (Å²) < 4.78 is 0. The van der Waals surface area contributed by atoms with Gasteiger partial charge in [0.2, 0.25) is 0 Å². The van der Waals surface area contributed by atoms with Crippen molar-refractivity contribution in [3.8, 4) is 0 Å². The second-order valence-electron chi connectivity index (χ2n) is 6.14. The molecule has 0 unspecified atom stereocenters. The lowest BCUT2D eigenvalue weighted by molar-refractivity contribution is 0.0674. The van der Waals surface area contributed by atoms with E-state index in [1.165, 1.54) is 11.1 Å². The molecule has 1 aromatic carbocycles. The number of fused-ring (bicyclic) bond motifs is 1. The number of aryl methyl sites for hydroxylation is 2. The maximum atomic E-state index is 13.0. The first-order chi connectivity index (χ1) is 11.1. The smallest absolute Gasteiger partial charge is 0.260 e. The number of pyridine rings is 1. The molecule has 0 radical (unpaired) electrons. The quantitative estimate of drug-likeness (QED) is 0.942. The van der Waals surface area contributed by atoms with E-state index in [2.05, 4.69) is 24.0 Å². The SMILES string of the molecule is CCCN(C(=O)c1ccc(C)[nH]c1=O)[C@H]1CCc2ccccc21. The Hall–Kier alpha value is -2.36. The van der Waals surface area contributed by atoms with Crippen LogP contribution in [0.4, 0.5) is 0 Å². The van der Waals surface area contributed by atoms with Gasteiger partial charge in [-0.3, -0.25) is 9.59 Å². The third kappa shape index (κ3) is 2.93. The van der Waals surface area contributed by atoms with Crippen LogP contribution in [0.1, 0.15) is 53.0 Å². The van der Waals surface area contributed by atoms with Gasteiger partial charge in [-0.15, -0.1) is 0 Å². The minimum Gasteiger partial charge on any atom is -0.331 e. The molecule has 1 aromatic heterocycles. The van der Waals surface area contributed by atoms with Gasteiger partial charge < -0.3 is 9.88 Å². The Morgan fingerprint density at radius 2 is 2.04 bits per heavy atom. The zero-order valence-electron chi connectivity index (χ0n) is 13.6. The number of H-pyrrole nitrogens is 1. The molecule has 120 valence electrons. The van der Waals surface area contributed by atoms with Crippen LogP contribution in [0.15, 0.2) is 41.2 Å². The average Bonchev–Trinajstić information content (AvgIpc) is 2.96. The van der Waals surface area contributed by atoms with E-state index in [9.17, 15) is 9.59 Å². The number of hydrogen-bond donors (Lipinski definition) is 1. The predicted molar refractivity (Wildman–Crippen MR) is 90.6 cm³/mol. The Morgan fingerprint density at radius 1 is 1.26 bits per heavy atom. The molecular formula is C19H22N2O2. The van der Waals surface area contributed by atoms with E-state index in [1.54, 1.807) is 12.1 Å². The zero-order valence-corrected chi connectivity index (χ0v) is 13.6. The molecule has 1 atom stereocenters. The van der Waals surface area contributed by atoms with Gasteiger partial charge in [-0.1, -0.05) is 31.2 Å². The third-order valence-corrected chi connectivity index (χ3v) is 4.49. The summed E-state index contributed by atoms with van der Waals surface area (Å²) in [5, 5.41) is 0. The molecule has 3 rings (SSSR count). The van der Waals surface area contributed by atoms with E-state index in [4.69, 9.17) is 0 Å². The Kier molecular flexibility index (Phi) is 4.33. The second kappa shape index (κ2) is 6.41. The van der Waals surface area contributed by atoms with Crippen LogP contribution in [-0.2, 0) is 6.42 Å². The molecule has 0 aliphatic heterocycles. The lowest BCUT2D eigenvalue weighted by Crippen LogP contribution is -2.37. The van der Waals surface area contributed by atoms with Crippen LogP contribution in [0.2, 0.25) is 0 Å². The number of amides is 1. The molecule has 1 aliphatic rings. The van der Waals surface area contributed by atoms with Gasteiger partial charge in [0.15, 0.2) is 0 Å². The molecule has 4 nitrogen and oxygen atoms in total. The van der Waals surface area contributed by atoms with Gasteiger partial charge in [0.05, 0.1) is 6.04 Å². The van der Waals surface area contributed by atoms with Crippen molar-refractivity contribution < 1.29 is 4.79 Å². The fraction of sp³-hybridized carbons (Fsp3) is 0.368. The molecule has 23 heavy (non-hydrogen) atoms. The van der Waals surface area contributed by atoms with E-state index in [1.807, 2.05) is 24.0 Å². The average molecular weight is 310 g/mol. The van der Waals surface area contributed by atoms with Crippen molar-refractivity contribution in [2.24, 2.45) is 0 Å². The summed E-state index contributed by atoms with van der Waals surface area (Å²) in [7, 11) is 0. The second-order valence-corrected chi connectivity index (χ2v) is 6.14. The summed E-state index contributed by atoms with van der Waals surface area (Å²) in [6.07, 6.45) is 2.78. The summed E-state index contributed by atoms with van der Waals surface area (Å²) in [5.74, 6) is -0.171. The molecule has 0 fully saturated rings. The number of carbonyl (C=O) groups excluding carboxylic acids is 1.